The molecule has 1 unspecified atom stereocenters. The Labute approximate surface area is 291 Å². The number of fused-ring (bicyclic) bond motifs is 1. The molecule has 1 aromatic carbocycles. The van der Waals surface area contributed by atoms with Gasteiger partial charge in [0.1, 0.15) is 24.2 Å². The molecule has 0 saturated carbocycles. The van der Waals surface area contributed by atoms with Crippen molar-refractivity contribution in [2.24, 2.45) is 17.8 Å². The van der Waals surface area contributed by atoms with Crippen LogP contribution in [0.5, 0.6) is 0 Å². The topological polar surface area (TPSA) is 145 Å². The number of ether oxygens (including phenoxy) is 1. The van der Waals surface area contributed by atoms with Crippen LogP contribution in [-0.4, -0.2) is 108 Å². The lowest BCUT2D eigenvalue weighted by Gasteiger charge is -2.38. The van der Waals surface area contributed by atoms with Crippen molar-refractivity contribution in [3.05, 3.63) is 35.9 Å². The second-order valence-corrected chi connectivity index (χ2v) is 14.5. The maximum absolute atomic E-state index is 14.4. The number of nitrogens with one attached hydrogen (secondary N) is 2. The van der Waals surface area contributed by atoms with Gasteiger partial charge in [0.05, 0.1) is 6.42 Å². The Bertz CT molecular complexity index is 1320. The van der Waals surface area contributed by atoms with Crippen LogP contribution >= 0.6 is 0 Å². The van der Waals surface area contributed by atoms with Gasteiger partial charge in [0.2, 0.25) is 23.6 Å². The van der Waals surface area contributed by atoms with Crippen molar-refractivity contribution in [1.29, 1.82) is 0 Å². The maximum atomic E-state index is 14.4. The van der Waals surface area contributed by atoms with Crippen LogP contribution in [0.2, 0.25) is 0 Å². The highest BCUT2D eigenvalue weighted by molar-refractivity contribution is 5.96. The highest BCUT2D eigenvalue weighted by Gasteiger charge is 2.42. The Morgan fingerprint density at radius 2 is 1.49 bits per heavy atom. The van der Waals surface area contributed by atoms with E-state index in [1.807, 2.05) is 71.9 Å². The van der Waals surface area contributed by atoms with Crippen molar-refractivity contribution < 1.29 is 33.5 Å². The number of nitrogens with zero attached hydrogens (tertiary/aromatic N) is 3. The summed E-state index contributed by atoms with van der Waals surface area (Å²) in [5.74, 6) is -3.03. The van der Waals surface area contributed by atoms with Gasteiger partial charge < -0.3 is 30.1 Å². The molecule has 12 heteroatoms. The van der Waals surface area contributed by atoms with Gasteiger partial charge in [-0.2, -0.15) is 0 Å². The zero-order chi connectivity index (χ0) is 36.4. The van der Waals surface area contributed by atoms with E-state index < -0.39 is 65.8 Å². The summed E-state index contributed by atoms with van der Waals surface area (Å²) in [7, 11) is 3.14. The lowest BCUT2D eigenvalue weighted by molar-refractivity contribution is -0.162. The average Bonchev–Trinajstić information content (AvgIpc) is 3.55. The number of benzene rings is 1. The molecule has 2 aliphatic heterocycles. The third-order valence-corrected chi connectivity index (χ3v) is 9.61. The first-order valence-corrected chi connectivity index (χ1v) is 17.8. The molecule has 3 rings (SSSR count). The van der Waals surface area contributed by atoms with Gasteiger partial charge in [-0.3, -0.25) is 28.8 Å². The molecular weight excluding hydrogens is 626 g/mol. The molecule has 2 saturated heterocycles. The van der Waals surface area contributed by atoms with Gasteiger partial charge in [-0.15, -0.1) is 0 Å². The van der Waals surface area contributed by atoms with E-state index in [9.17, 15) is 28.8 Å². The molecule has 0 spiro atoms. The molecule has 2 heterocycles. The molecule has 272 valence electrons. The average molecular weight is 684 g/mol. The second-order valence-electron chi connectivity index (χ2n) is 14.5. The lowest BCUT2D eigenvalue weighted by Crippen LogP contribution is -2.60. The number of esters is 1. The molecule has 0 aliphatic carbocycles. The van der Waals surface area contributed by atoms with Gasteiger partial charge in [-0.1, -0.05) is 78.3 Å². The number of hydrogen-bond donors (Lipinski definition) is 2. The van der Waals surface area contributed by atoms with Crippen LogP contribution in [0, 0.1) is 17.8 Å². The van der Waals surface area contributed by atoms with E-state index in [-0.39, 0.29) is 43.6 Å². The van der Waals surface area contributed by atoms with Gasteiger partial charge in [0, 0.05) is 33.6 Å². The van der Waals surface area contributed by atoms with Crippen LogP contribution in [0.1, 0.15) is 85.6 Å². The van der Waals surface area contributed by atoms with Crippen molar-refractivity contribution >= 4 is 35.5 Å². The normalized spacial score (nSPS) is 26.2. The van der Waals surface area contributed by atoms with Crippen LogP contribution in [0.25, 0.3) is 0 Å². The zero-order valence-electron chi connectivity index (χ0n) is 30.6. The van der Waals surface area contributed by atoms with E-state index in [1.165, 1.54) is 14.7 Å². The first-order chi connectivity index (χ1) is 23.2. The quantitative estimate of drug-likeness (QED) is 0.401. The van der Waals surface area contributed by atoms with E-state index in [2.05, 4.69) is 10.6 Å². The lowest BCUT2D eigenvalue weighted by atomic mass is 9.93. The molecular formula is C37H57N5O7. The molecule has 1 aromatic rings. The Morgan fingerprint density at radius 3 is 2.10 bits per heavy atom. The monoisotopic (exact) mass is 683 g/mol. The number of likely N-dealkylation sites (N-methyl/N-ethyl adjacent to an activating group) is 2. The smallest absolute Gasteiger partial charge is 0.308 e. The summed E-state index contributed by atoms with van der Waals surface area (Å²) >= 11 is 0. The molecule has 5 amide bonds. The molecule has 0 aromatic heterocycles. The minimum absolute atomic E-state index is 0.0182. The fourth-order valence-corrected chi connectivity index (χ4v) is 6.70. The van der Waals surface area contributed by atoms with Gasteiger partial charge in [0.15, 0.2) is 6.10 Å². The summed E-state index contributed by atoms with van der Waals surface area (Å²) in [6.45, 7) is 11.8. The largest absolute Gasteiger partial charge is 0.452 e. The number of amides is 5. The minimum atomic E-state index is -1.10. The summed E-state index contributed by atoms with van der Waals surface area (Å²) in [6, 6.07) is 5.63. The number of carbonyl (C=O) groups excluding carboxylic acids is 6. The number of hydrogen-bond acceptors (Lipinski definition) is 7. The molecule has 49 heavy (non-hydrogen) atoms. The first kappa shape index (κ1) is 39.5. The standard InChI is InChI=1S/C37H57N5O7/c1-9-25(6)32-37(48)40(7)29(20-23(2)3)33(44)38-18-17-31(43)49-30(21-24(4)5)36(47)42-19-13-16-28(42)34(45)39-27(35(46)41(32)8)22-26-14-11-10-12-15-26/h10-12,14-15,23-25,27-30,32H,9,13,16-22H2,1-8H3,(H,38,44)(H,39,45)/t25-,27-,28-,29?,30-,32-/m0/s1. The van der Waals surface area contributed by atoms with E-state index in [4.69, 9.17) is 4.74 Å². The van der Waals surface area contributed by atoms with E-state index >= 15 is 0 Å². The Hall–Kier alpha value is -3.96. The van der Waals surface area contributed by atoms with E-state index in [0.29, 0.717) is 32.2 Å². The summed E-state index contributed by atoms with van der Waals surface area (Å²) in [5.41, 5.74) is 0.813. The van der Waals surface area contributed by atoms with Gasteiger partial charge >= 0.3 is 5.97 Å². The zero-order valence-corrected chi connectivity index (χ0v) is 30.6. The van der Waals surface area contributed by atoms with E-state index in [1.54, 1.807) is 14.1 Å². The predicted molar refractivity (Wildman–Crippen MR) is 186 cm³/mol. The molecule has 2 N–H and O–H groups in total. The summed E-state index contributed by atoms with van der Waals surface area (Å²) < 4.78 is 5.69. The number of carbonyl (C=O) groups is 6. The van der Waals surface area contributed by atoms with Gasteiger partial charge in [0.25, 0.3) is 5.91 Å². The van der Waals surface area contributed by atoms with Crippen LogP contribution in [0.3, 0.4) is 0 Å². The van der Waals surface area contributed by atoms with Crippen molar-refractivity contribution in [2.45, 2.75) is 117 Å². The Kier molecular flexibility index (Phi) is 14.6. The predicted octanol–water partition coefficient (Wildman–Crippen LogP) is 2.93. The second kappa shape index (κ2) is 18.2. The van der Waals surface area contributed by atoms with Crippen LogP contribution in [0.15, 0.2) is 30.3 Å². The first-order valence-electron chi connectivity index (χ1n) is 17.8. The third-order valence-electron chi connectivity index (χ3n) is 9.61. The molecule has 2 fully saturated rings. The van der Waals surface area contributed by atoms with Gasteiger partial charge in [-0.25, -0.2) is 0 Å². The highest BCUT2D eigenvalue weighted by Crippen LogP contribution is 2.24. The summed E-state index contributed by atoms with van der Waals surface area (Å²) in [4.78, 5) is 87.5. The number of rotatable bonds is 8. The third kappa shape index (κ3) is 10.5. The maximum Gasteiger partial charge on any atom is 0.308 e. The molecule has 2 aliphatic rings. The minimum Gasteiger partial charge on any atom is -0.452 e. The molecule has 0 radical (unpaired) electrons. The SMILES string of the molecule is CC[C@H](C)[C@H]1C(=O)N(C)C(CC(C)C)C(=O)NCCC(=O)O[C@@H](CC(C)C)C(=O)N2CCC[C@H]2C(=O)N[C@@H](Cc2ccccc2)C(=O)N1C. The van der Waals surface area contributed by atoms with Crippen molar-refractivity contribution in [3.63, 3.8) is 0 Å². The molecule has 6 atom stereocenters. The summed E-state index contributed by atoms with van der Waals surface area (Å²) in [5, 5.41) is 5.73. The fraction of sp³-hybridized carbons (Fsp3) is 0.676. The van der Waals surface area contributed by atoms with Crippen LogP contribution in [0.4, 0.5) is 0 Å². The molecule has 12 nitrogen and oxygen atoms in total. The van der Waals surface area contributed by atoms with Crippen LogP contribution in [-0.2, 0) is 39.9 Å². The highest BCUT2D eigenvalue weighted by atomic mass is 16.5. The summed E-state index contributed by atoms with van der Waals surface area (Å²) in [6.07, 6.45) is 1.07. The van der Waals surface area contributed by atoms with Crippen molar-refractivity contribution in [1.82, 2.24) is 25.3 Å². The fourth-order valence-electron chi connectivity index (χ4n) is 6.70. The van der Waals surface area contributed by atoms with Crippen molar-refractivity contribution in [3.8, 4) is 0 Å². The van der Waals surface area contributed by atoms with Crippen LogP contribution < -0.4 is 10.6 Å². The van der Waals surface area contributed by atoms with Crippen molar-refractivity contribution in [2.75, 3.05) is 27.2 Å². The molecule has 0 bridgehead atoms. The Balaban J connectivity index is 2.10. The van der Waals surface area contributed by atoms with Gasteiger partial charge in [-0.05, 0) is 49.0 Å². The number of cyclic esters (lactones) is 1. The van der Waals surface area contributed by atoms with E-state index in [0.717, 1.165) is 5.56 Å². The Morgan fingerprint density at radius 1 is 0.837 bits per heavy atom.